The van der Waals surface area contributed by atoms with E-state index in [1.54, 1.807) is 31.2 Å². The van der Waals surface area contributed by atoms with Gasteiger partial charge in [0.25, 0.3) is 11.8 Å². The number of carboxylic acid groups (broad SMARTS) is 1. The third kappa shape index (κ3) is 4.29. The van der Waals surface area contributed by atoms with Gasteiger partial charge in [0.05, 0.1) is 17.8 Å². The normalized spacial score (nSPS) is 15.3. The van der Waals surface area contributed by atoms with Gasteiger partial charge in [-0.25, -0.2) is 18.7 Å². The highest BCUT2D eigenvalue weighted by Crippen LogP contribution is 2.35. The zero-order valence-corrected chi connectivity index (χ0v) is 20.7. The lowest BCUT2D eigenvalue weighted by Crippen LogP contribution is -2.30. The van der Waals surface area contributed by atoms with Gasteiger partial charge < -0.3 is 25.2 Å². The van der Waals surface area contributed by atoms with Crippen molar-refractivity contribution in [3.8, 4) is 11.5 Å². The smallest absolute Gasteiger partial charge is 0.335 e. The van der Waals surface area contributed by atoms with Crippen LogP contribution in [0.2, 0.25) is 0 Å². The van der Waals surface area contributed by atoms with E-state index in [2.05, 4.69) is 20.7 Å². The van der Waals surface area contributed by atoms with Crippen LogP contribution in [0.1, 0.15) is 66.1 Å². The SMILES string of the molecule is Cc1c(C(=O)O)ccc2c1CC[C@@H]2NC(=O)c1cc(C(=O)NCc2ccc3c(c2)OCO3)nc2c(F)cnn12. The van der Waals surface area contributed by atoms with E-state index < -0.39 is 23.6 Å². The maximum absolute atomic E-state index is 14.5. The third-order valence-corrected chi connectivity index (χ3v) is 7.01. The Labute approximate surface area is 220 Å². The lowest BCUT2D eigenvalue weighted by Gasteiger charge is -2.16. The number of carbonyl (C=O) groups excluding carboxylic acids is 2. The number of ether oxygens (including phenoxy) is 2. The summed E-state index contributed by atoms with van der Waals surface area (Å²) in [5.74, 6) is -1.78. The molecule has 3 N–H and O–H groups in total. The number of halogens is 1. The number of benzene rings is 2. The van der Waals surface area contributed by atoms with Crippen LogP contribution in [0.3, 0.4) is 0 Å². The minimum Gasteiger partial charge on any atom is -0.478 e. The molecule has 1 aliphatic heterocycles. The Bertz CT molecular complexity index is 1680. The summed E-state index contributed by atoms with van der Waals surface area (Å²) in [6, 6.07) is 9.37. The molecule has 0 bridgehead atoms. The number of hydrogen-bond acceptors (Lipinski definition) is 7. The highest BCUT2D eigenvalue weighted by atomic mass is 19.1. The zero-order chi connectivity index (χ0) is 27.3. The fraction of sp³-hybridized carbons (Fsp3) is 0.222. The second kappa shape index (κ2) is 9.39. The first-order valence-electron chi connectivity index (χ1n) is 12.2. The molecular formula is C27H22FN5O6. The van der Waals surface area contributed by atoms with Crippen molar-refractivity contribution < 1.29 is 33.4 Å². The van der Waals surface area contributed by atoms with E-state index >= 15 is 0 Å². The number of nitrogens with one attached hydrogen (secondary N) is 2. The van der Waals surface area contributed by atoms with Gasteiger partial charge in [-0.1, -0.05) is 12.1 Å². The lowest BCUT2D eigenvalue weighted by molar-refractivity contribution is 0.0695. The van der Waals surface area contributed by atoms with Crippen LogP contribution < -0.4 is 20.1 Å². The van der Waals surface area contributed by atoms with Gasteiger partial charge in [-0.2, -0.15) is 5.10 Å². The molecule has 39 heavy (non-hydrogen) atoms. The van der Waals surface area contributed by atoms with Crippen LogP contribution in [-0.4, -0.2) is 44.3 Å². The maximum atomic E-state index is 14.5. The number of rotatable bonds is 6. The van der Waals surface area contributed by atoms with Gasteiger partial charge in [0.2, 0.25) is 6.79 Å². The van der Waals surface area contributed by atoms with Crippen molar-refractivity contribution >= 4 is 23.4 Å². The molecule has 0 fully saturated rings. The average molecular weight is 532 g/mol. The third-order valence-electron chi connectivity index (χ3n) is 7.01. The van der Waals surface area contributed by atoms with E-state index in [9.17, 15) is 23.9 Å². The Hall–Kier alpha value is -5.00. The standard InChI is InChI=1S/C27H22FN5O6/c1-13-15-5-6-19(17(15)4-3-16(13)27(36)37)32-26(35)21-9-20(31-24-18(28)11-30-33(21)24)25(34)29-10-14-2-7-22-23(8-14)39-12-38-22/h2-4,7-9,11,19H,5-6,10,12H2,1H3,(H,29,34)(H,32,35)(H,36,37)/t19-/m0/s1. The van der Waals surface area contributed by atoms with Gasteiger partial charge in [0.1, 0.15) is 11.4 Å². The lowest BCUT2D eigenvalue weighted by atomic mass is 9.98. The molecule has 2 aromatic carbocycles. The molecule has 2 aliphatic rings. The molecule has 2 amide bonds. The molecule has 0 spiro atoms. The predicted molar refractivity (Wildman–Crippen MR) is 133 cm³/mol. The number of hydrogen-bond donors (Lipinski definition) is 3. The van der Waals surface area contributed by atoms with Crippen LogP contribution in [0.15, 0.2) is 42.6 Å². The van der Waals surface area contributed by atoms with Crippen LogP contribution in [0.5, 0.6) is 11.5 Å². The Morgan fingerprint density at radius 3 is 2.77 bits per heavy atom. The Morgan fingerprint density at radius 1 is 1.13 bits per heavy atom. The number of aromatic nitrogens is 3. The molecule has 0 saturated heterocycles. The first-order chi connectivity index (χ1) is 18.8. The number of carboxylic acids is 1. The van der Waals surface area contributed by atoms with E-state index in [1.807, 2.05) is 0 Å². The second-order valence-electron chi connectivity index (χ2n) is 9.30. The largest absolute Gasteiger partial charge is 0.478 e. The van der Waals surface area contributed by atoms with E-state index in [0.717, 1.165) is 27.4 Å². The summed E-state index contributed by atoms with van der Waals surface area (Å²) in [6.45, 7) is 2.02. The number of fused-ring (bicyclic) bond motifs is 3. The van der Waals surface area contributed by atoms with Gasteiger partial charge in [-0.15, -0.1) is 0 Å². The van der Waals surface area contributed by atoms with Gasteiger partial charge in [-0.05, 0) is 60.2 Å². The molecule has 1 atom stereocenters. The average Bonchev–Trinajstić information content (AvgIpc) is 3.65. The van der Waals surface area contributed by atoms with Crippen molar-refractivity contribution in [3.05, 3.63) is 87.6 Å². The predicted octanol–water partition coefficient (Wildman–Crippen LogP) is 2.95. The molecule has 12 heteroatoms. The molecule has 198 valence electrons. The van der Waals surface area contributed by atoms with Gasteiger partial charge >= 0.3 is 5.97 Å². The summed E-state index contributed by atoms with van der Waals surface area (Å²) in [6.07, 6.45) is 2.09. The molecule has 1 aliphatic carbocycles. The molecule has 0 radical (unpaired) electrons. The molecule has 6 rings (SSSR count). The topological polar surface area (TPSA) is 144 Å². The van der Waals surface area contributed by atoms with Crippen molar-refractivity contribution in [2.45, 2.75) is 32.4 Å². The summed E-state index contributed by atoms with van der Waals surface area (Å²) in [5, 5.41) is 19.0. The monoisotopic (exact) mass is 531 g/mol. The van der Waals surface area contributed by atoms with Gasteiger partial charge in [0, 0.05) is 12.6 Å². The first kappa shape index (κ1) is 24.3. The molecular weight excluding hydrogens is 509 g/mol. The van der Waals surface area contributed by atoms with E-state index in [1.165, 1.54) is 12.1 Å². The first-order valence-corrected chi connectivity index (χ1v) is 12.2. The fourth-order valence-electron chi connectivity index (χ4n) is 5.03. The van der Waals surface area contributed by atoms with E-state index in [-0.39, 0.29) is 42.0 Å². The number of aromatic carboxylic acids is 1. The van der Waals surface area contributed by atoms with Crippen LogP contribution in [-0.2, 0) is 13.0 Å². The summed E-state index contributed by atoms with van der Waals surface area (Å²) >= 11 is 0. The van der Waals surface area contributed by atoms with E-state index in [4.69, 9.17) is 9.47 Å². The molecule has 3 heterocycles. The fourth-order valence-corrected chi connectivity index (χ4v) is 5.03. The maximum Gasteiger partial charge on any atom is 0.335 e. The molecule has 2 aromatic heterocycles. The summed E-state index contributed by atoms with van der Waals surface area (Å²) in [7, 11) is 0. The van der Waals surface area contributed by atoms with Crippen molar-refractivity contribution in [2.75, 3.05) is 6.79 Å². The summed E-state index contributed by atoms with van der Waals surface area (Å²) < 4.78 is 26.2. The highest BCUT2D eigenvalue weighted by molar-refractivity contribution is 5.98. The summed E-state index contributed by atoms with van der Waals surface area (Å²) in [4.78, 5) is 41.9. The van der Waals surface area contributed by atoms with Crippen molar-refractivity contribution in [1.29, 1.82) is 0 Å². The van der Waals surface area contributed by atoms with Crippen LogP contribution in [0.25, 0.3) is 5.65 Å². The number of carbonyl (C=O) groups is 3. The van der Waals surface area contributed by atoms with Gasteiger partial charge in [-0.3, -0.25) is 9.59 Å². The Balaban J connectivity index is 1.25. The van der Waals surface area contributed by atoms with E-state index in [0.29, 0.717) is 29.9 Å². The van der Waals surface area contributed by atoms with Gasteiger partial charge in [0.15, 0.2) is 23.0 Å². The number of nitrogens with zero attached hydrogens (tertiary/aromatic N) is 3. The summed E-state index contributed by atoms with van der Waals surface area (Å²) in [5.41, 5.74) is 2.87. The zero-order valence-electron chi connectivity index (χ0n) is 20.7. The quantitative estimate of drug-likeness (QED) is 0.345. The molecule has 0 unspecified atom stereocenters. The van der Waals surface area contributed by atoms with Crippen molar-refractivity contribution in [2.24, 2.45) is 0 Å². The van der Waals surface area contributed by atoms with Crippen LogP contribution >= 0.6 is 0 Å². The van der Waals surface area contributed by atoms with Crippen LogP contribution in [0, 0.1) is 12.7 Å². The second-order valence-corrected chi connectivity index (χ2v) is 9.30. The number of amides is 2. The highest BCUT2D eigenvalue weighted by Gasteiger charge is 2.29. The van der Waals surface area contributed by atoms with Crippen LogP contribution in [0.4, 0.5) is 4.39 Å². The van der Waals surface area contributed by atoms with Crippen molar-refractivity contribution in [3.63, 3.8) is 0 Å². The molecule has 11 nitrogen and oxygen atoms in total. The minimum atomic E-state index is -1.01. The Morgan fingerprint density at radius 2 is 1.95 bits per heavy atom. The minimum absolute atomic E-state index is 0.0653. The van der Waals surface area contributed by atoms with Crippen molar-refractivity contribution in [1.82, 2.24) is 25.2 Å². The Kier molecular flexibility index (Phi) is 5.86. The molecule has 0 saturated carbocycles. The molecule has 4 aromatic rings.